The summed E-state index contributed by atoms with van der Waals surface area (Å²) in [6.45, 7) is 0. The fourth-order valence-corrected chi connectivity index (χ4v) is 2.49. The van der Waals surface area contributed by atoms with Gasteiger partial charge in [0, 0.05) is 5.56 Å². The maximum absolute atomic E-state index is 5.09. The van der Waals surface area contributed by atoms with Gasteiger partial charge in [-0.2, -0.15) is 0 Å². The Morgan fingerprint density at radius 2 is 1.68 bits per heavy atom. The SMILES string of the molecule is S=c1[nH]c2ccc(-c3nc4ccccc4[nH]3)cc2[nH]1. The number of aromatic nitrogens is 4. The Kier molecular flexibility index (Phi) is 2.10. The quantitative estimate of drug-likeness (QED) is 0.459. The molecular weight excluding hydrogens is 256 g/mol. The van der Waals surface area contributed by atoms with E-state index in [4.69, 9.17) is 12.2 Å². The summed E-state index contributed by atoms with van der Waals surface area (Å²) in [6.07, 6.45) is 0. The van der Waals surface area contributed by atoms with E-state index in [1.807, 2.05) is 42.5 Å². The summed E-state index contributed by atoms with van der Waals surface area (Å²) >= 11 is 5.09. The molecule has 0 fully saturated rings. The molecule has 4 rings (SSSR count). The Morgan fingerprint density at radius 1 is 0.842 bits per heavy atom. The van der Waals surface area contributed by atoms with E-state index < -0.39 is 0 Å². The number of nitrogens with zero attached hydrogens (tertiary/aromatic N) is 1. The smallest absolute Gasteiger partial charge is 0.175 e. The molecule has 0 aliphatic heterocycles. The van der Waals surface area contributed by atoms with Crippen LogP contribution in [-0.4, -0.2) is 19.9 Å². The van der Waals surface area contributed by atoms with Crippen molar-refractivity contribution in [3.05, 3.63) is 47.2 Å². The first-order valence-corrected chi connectivity index (χ1v) is 6.37. The Hall–Kier alpha value is -2.40. The van der Waals surface area contributed by atoms with Gasteiger partial charge in [0.2, 0.25) is 0 Å². The second-order valence-electron chi connectivity index (χ2n) is 4.44. The molecule has 0 aliphatic rings. The van der Waals surface area contributed by atoms with Crippen LogP contribution in [0, 0.1) is 4.77 Å². The highest BCUT2D eigenvalue weighted by molar-refractivity contribution is 7.71. The minimum atomic E-state index is 0.636. The molecule has 0 unspecified atom stereocenters. The summed E-state index contributed by atoms with van der Waals surface area (Å²) in [6, 6.07) is 14.1. The first kappa shape index (κ1) is 10.5. The lowest BCUT2D eigenvalue weighted by Crippen LogP contribution is -1.80. The average molecular weight is 266 g/mol. The molecule has 2 aromatic heterocycles. The highest BCUT2D eigenvalue weighted by Gasteiger charge is 2.06. The van der Waals surface area contributed by atoms with Crippen molar-refractivity contribution < 1.29 is 0 Å². The van der Waals surface area contributed by atoms with E-state index in [1.54, 1.807) is 0 Å². The molecule has 2 heterocycles. The van der Waals surface area contributed by atoms with Gasteiger partial charge in [0.15, 0.2) is 4.77 Å². The molecule has 0 atom stereocenters. The van der Waals surface area contributed by atoms with Crippen molar-refractivity contribution in [3.8, 4) is 11.4 Å². The highest BCUT2D eigenvalue weighted by atomic mass is 32.1. The first-order valence-electron chi connectivity index (χ1n) is 5.97. The molecule has 92 valence electrons. The number of H-pyrrole nitrogens is 3. The predicted molar refractivity (Wildman–Crippen MR) is 78.6 cm³/mol. The van der Waals surface area contributed by atoms with Gasteiger partial charge in [0.1, 0.15) is 5.82 Å². The van der Waals surface area contributed by atoms with E-state index in [0.717, 1.165) is 33.5 Å². The van der Waals surface area contributed by atoms with Gasteiger partial charge in [-0.05, 0) is 42.5 Å². The number of benzene rings is 2. The van der Waals surface area contributed by atoms with Gasteiger partial charge in [0.25, 0.3) is 0 Å². The molecule has 3 N–H and O–H groups in total. The Balaban J connectivity index is 1.95. The molecule has 0 amide bonds. The third kappa shape index (κ3) is 1.67. The molecule has 19 heavy (non-hydrogen) atoms. The van der Waals surface area contributed by atoms with Crippen molar-refractivity contribution in [2.45, 2.75) is 0 Å². The van der Waals surface area contributed by atoms with E-state index in [1.165, 1.54) is 0 Å². The van der Waals surface area contributed by atoms with E-state index >= 15 is 0 Å². The molecule has 2 aromatic carbocycles. The minimum absolute atomic E-state index is 0.636. The Morgan fingerprint density at radius 3 is 2.58 bits per heavy atom. The summed E-state index contributed by atoms with van der Waals surface area (Å²) in [5.41, 5.74) is 5.04. The van der Waals surface area contributed by atoms with Gasteiger partial charge in [-0.25, -0.2) is 4.98 Å². The summed E-state index contributed by atoms with van der Waals surface area (Å²) in [5.74, 6) is 0.864. The number of imidazole rings is 2. The summed E-state index contributed by atoms with van der Waals surface area (Å²) in [4.78, 5) is 14.1. The van der Waals surface area contributed by atoms with Crippen molar-refractivity contribution in [2.24, 2.45) is 0 Å². The van der Waals surface area contributed by atoms with E-state index in [2.05, 4.69) is 19.9 Å². The molecule has 0 saturated heterocycles. The molecule has 0 saturated carbocycles. The monoisotopic (exact) mass is 266 g/mol. The van der Waals surface area contributed by atoms with Crippen molar-refractivity contribution in [3.63, 3.8) is 0 Å². The molecule has 0 aliphatic carbocycles. The minimum Gasteiger partial charge on any atom is -0.338 e. The molecule has 0 spiro atoms. The third-order valence-electron chi connectivity index (χ3n) is 3.18. The van der Waals surface area contributed by atoms with E-state index in [0.29, 0.717) is 4.77 Å². The van der Waals surface area contributed by atoms with Crippen LogP contribution in [-0.2, 0) is 0 Å². The third-order valence-corrected chi connectivity index (χ3v) is 3.38. The van der Waals surface area contributed by atoms with Gasteiger partial charge >= 0.3 is 0 Å². The lowest BCUT2D eigenvalue weighted by atomic mass is 10.2. The summed E-state index contributed by atoms with van der Waals surface area (Å²) in [5, 5.41) is 0. The van der Waals surface area contributed by atoms with Gasteiger partial charge in [0.05, 0.1) is 22.1 Å². The lowest BCUT2D eigenvalue weighted by Gasteiger charge is -1.96. The van der Waals surface area contributed by atoms with Crippen LogP contribution in [0.4, 0.5) is 0 Å². The number of rotatable bonds is 1. The van der Waals surface area contributed by atoms with E-state index in [-0.39, 0.29) is 0 Å². The number of nitrogens with one attached hydrogen (secondary N) is 3. The molecule has 5 heteroatoms. The maximum Gasteiger partial charge on any atom is 0.175 e. The van der Waals surface area contributed by atoms with Crippen LogP contribution in [0.1, 0.15) is 0 Å². The van der Waals surface area contributed by atoms with Gasteiger partial charge in [-0.15, -0.1) is 0 Å². The van der Waals surface area contributed by atoms with Crippen LogP contribution in [0.2, 0.25) is 0 Å². The number of hydrogen-bond acceptors (Lipinski definition) is 2. The molecular formula is C14H10N4S. The van der Waals surface area contributed by atoms with Crippen LogP contribution >= 0.6 is 12.2 Å². The highest BCUT2D eigenvalue weighted by Crippen LogP contribution is 2.23. The van der Waals surface area contributed by atoms with Crippen LogP contribution in [0.25, 0.3) is 33.5 Å². The number of aromatic amines is 3. The predicted octanol–water partition coefficient (Wildman–Crippen LogP) is 3.77. The standard InChI is InChI=1S/C14H10N4S/c19-14-17-11-6-5-8(7-12(11)18-14)13-15-9-3-1-2-4-10(9)16-13/h1-7H,(H,15,16)(H2,17,18,19). The lowest BCUT2D eigenvalue weighted by molar-refractivity contribution is 1.30. The maximum atomic E-state index is 5.09. The number of para-hydroxylation sites is 2. The number of fused-ring (bicyclic) bond motifs is 2. The number of hydrogen-bond donors (Lipinski definition) is 3. The zero-order chi connectivity index (χ0) is 12.8. The fraction of sp³-hybridized carbons (Fsp3) is 0. The Labute approximate surface area is 113 Å². The first-order chi connectivity index (χ1) is 9.29. The second kappa shape index (κ2) is 3.80. The van der Waals surface area contributed by atoms with Crippen LogP contribution in [0.5, 0.6) is 0 Å². The van der Waals surface area contributed by atoms with Crippen LogP contribution in [0.3, 0.4) is 0 Å². The van der Waals surface area contributed by atoms with Crippen molar-refractivity contribution in [2.75, 3.05) is 0 Å². The van der Waals surface area contributed by atoms with Gasteiger partial charge in [-0.1, -0.05) is 12.1 Å². The topological polar surface area (TPSA) is 60.3 Å². The zero-order valence-electron chi connectivity index (χ0n) is 9.90. The van der Waals surface area contributed by atoms with Crippen LogP contribution < -0.4 is 0 Å². The Bertz CT molecular complexity index is 912. The average Bonchev–Trinajstić information content (AvgIpc) is 2.99. The zero-order valence-corrected chi connectivity index (χ0v) is 10.7. The fourth-order valence-electron chi connectivity index (χ4n) is 2.27. The van der Waals surface area contributed by atoms with E-state index in [9.17, 15) is 0 Å². The summed E-state index contributed by atoms with van der Waals surface area (Å²) < 4.78 is 0.636. The largest absolute Gasteiger partial charge is 0.338 e. The van der Waals surface area contributed by atoms with Crippen molar-refractivity contribution in [1.29, 1.82) is 0 Å². The van der Waals surface area contributed by atoms with Crippen LogP contribution in [0.15, 0.2) is 42.5 Å². The molecule has 0 radical (unpaired) electrons. The molecule has 4 aromatic rings. The van der Waals surface area contributed by atoms with Gasteiger partial charge < -0.3 is 15.0 Å². The van der Waals surface area contributed by atoms with Gasteiger partial charge in [-0.3, -0.25) is 0 Å². The van der Waals surface area contributed by atoms with Crippen molar-refractivity contribution in [1.82, 2.24) is 19.9 Å². The van der Waals surface area contributed by atoms with Crippen molar-refractivity contribution >= 4 is 34.3 Å². The second-order valence-corrected chi connectivity index (χ2v) is 4.85. The molecule has 4 nitrogen and oxygen atoms in total. The molecule has 0 bridgehead atoms. The normalized spacial score (nSPS) is 11.4. The summed E-state index contributed by atoms with van der Waals surface area (Å²) in [7, 11) is 0.